The van der Waals surface area contributed by atoms with Gasteiger partial charge in [0.1, 0.15) is 5.78 Å². The van der Waals surface area contributed by atoms with Crippen molar-refractivity contribution in [2.24, 2.45) is 0 Å². The first-order chi connectivity index (χ1) is 9.31. The summed E-state index contributed by atoms with van der Waals surface area (Å²) < 4.78 is 0. The fraction of sp³-hybridized carbons (Fsp3) is 0.278. The van der Waals surface area contributed by atoms with Crippen molar-refractivity contribution in [2.45, 2.75) is 32.1 Å². The summed E-state index contributed by atoms with van der Waals surface area (Å²) in [5.41, 5.74) is 2.44. The Morgan fingerprint density at radius 2 is 1.53 bits per heavy atom. The molecule has 0 amide bonds. The van der Waals surface area contributed by atoms with Crippen molar-refractivity contribution in [3.63, 3.8) is 0 Å². The van der Waals surface area contributed by atoms with E-state index < -0.39 is 0 Å². The summed E-state index contributed by atoms with van der Waals surface area (Å²) >= 11 is 0. The summed E-state index contributed by atoms with van der Waals surface area (Å²) in [7, 11) is 0. The van der Waals surface area contributed by atoms with Crippen molar-refractivity contribution in [2.75, 3.05) is 0 Å². The van der Waals surface area contributed by atoms with Crippen molar-refractivity contribution in [3.05, 3.63) is 71.8 Å². The number of benzene rings is 2. The molecule has 0 saturated carbocycles. The fourth-order valence-corrected chi connectivity index (χ4v) is 2.40. The molecule has 0 radical (unpaired) electrons. The van der Waals surface area contributed by atoms with Crippen LogP contribution in [0.15, 0.2) is 60.7 Å². The average Bonchev–Trinajstić information content (AvgIpc) is 2.49. The van der Waals surface area contributed by atoms with Crippen LogP contribution in [0.2, 0.25) is 0 Å². The predicted octanol–water partition coefficient (Wildman–Crippen LogP) is 4.38. The molecule has 1 nitrogen and oxygen atoms in total. The zero-order chi connectivity index (χ0) is 13.5. The Morgan fingerprint density at radius 3 is 2.11 bits per heavy atom. The third-order valence-electron chi connectivity index (χ3n) is 3.50. The minimum Gasteiger partial charge on any atom is -0.299 e. The molecule has 98 valence electrons. The lowest BCUT2D eigenvalue weighted by Crippen LogP contribution is -2.12. The van der Waals surface area contributed by atoms with Gasteiger partial charge in [0.2, 0.25) is 0 Å². The Bertz CT molecular complexity index is 502. The third-order valence-corrected chi connectivity index (χ3v) is 3.50. The maximum absolute atomic E-state index is 12.1. The molecule has 0 heterocycles. The number of hydrogen-bond acceptors (Lipinski definition) is 1. The van der Waals surface area contributed by atoms with Gasteiger partial charge in [0.05, 0.1) is 0 Å². The molecular formula is C18H20O. The van der Waals surface area contributed by atoms with Crippen molar-refractivity contribution in [1.29, 1.82) is 0 Å². The molecule has 1 unspecified atom stereocenters. The van der Waals surface area contributed by atoms with Crippen LogP contribution in [0, 0.1) is 0 Å². The predicted molar refractivity (Wildman–Crippen MR) is 79.2 cm³/mol. The molecule has 2 aromatic rings. The minimum absolute atomic E-state index is 0.0337. The van der Waals surface area contributed by atoms with Crippen LogP contribution in [-0.2, 0) is 11.2 Å². The van der Waals surface area contributed by atoms with Gasteiger partial charge in [-0.15, -0.1) is 0 Å². The van der Waals surface area contributed by atoms with Gasteiger partial charge < -0.3 is 0 Å². The fourth-order valence-electron chi connectivity index (χ4n) is 2.40. The molecule has 2 aromatic carbocycles. The quantitative estimate of drug-likeness (QED) is 0.745. The van der Waals surface area contributed by atoms with E-state index in [2.05, 4.69) is 36.4 Å². The Labute approximate surface area is 115 Å². The number of rotatable bonds is 6. The lowest BCUT2D eigenvalue weighted by atomic mass is 9.88. The molecular weight excluding hydrogens is 232 g/mol. The summed E-state index contributed by atoms with van der Waals surface area (Å²) in [5, 5.41) is 0. The largest absolute Gasteiger partial charge is 0.299 e. The maximum atomic E-state index is 12.1. The normalized spacial score (nSPS) is 12.1. The smallest absolute Gasteiger partial charge is 0.140 e. The van der Waals surface area contributed by atoms with Crippen LogP contribution in [0.5, 0.6) is 0 Å². The monoisotopic (exact) mass is 252 g/mol. The molecule has 1 atom stereocenters. The number of aryl methyl sites for hydroxylation is 1. The molecule has 0 aromatic heterocycles. The molecule has 0 aliphatic carbocycles. The number of carbonyl (C=O) groups is 1. The maximum Gasteiger partial charge on any atom is 0.140 e. The van der Waals surface area contributed by atoms with E-state index in [9.17, 15) is 4.79 Å². The van der Waals surface area contributed by atoms with Gasteiger partial charge in [-0.2, -0.15) is 0 Å². The second-order valence-corrected chi connectivity index (χ2v) is 4.81. The zero-order valence-corrected chi connectivity index (χ0v) is 11.4. The average molecular weight is 252 g/mol. The van der Waals surface area contributed by atoms with Crippen molar-refractivity contribution < 1.29 is 4.79 Å². The zero-order valence-electron chi connectivity index (χ0n) is 11.4. The molecule has 0 aliphatic rings. The van der Waals surface area contributed by atoms with E-state index in [1.807, 2.05) is 31.2 Å². The Morgan fingerprint density at radius 1 is 0.947 bits per heavy atom. The first kappa shape index (κ1) is 13.5. The molecule has 0 saturated heterocycles. The van der Waals surface area contributed by atoms with E-state index in [4.69, 9.17) is 0 Å². The van der Waals surface area contributed by atoms with Crippen LogP contribution in [0.3, 0.4) is 0 Å². The van der Waals surface area contributed by atoms with Crippen LogP contribution in [0.4, 0.5) is 0 Å². The lowest BCUT2D eigenvalue weighted by molar-refractivity contribution is -0.120. The highest BCUT2D eigenvalue weighted by Gasteiger charge is 2.18. The van der Waals surface area contributed by atoms with E-state index in [-0.39, 0.29) is 5.92 Å². The molecule has 0 bridgehead atoms. The Hall–Kier alpha value is -1.89. The lowest BCUT2D eigenvalue weighted by Gasteiger charge is -2.15. The van der Waals surface area contributed by atoms with Crippen LogP contribution < -0.4 is 0 Å². The summed E-state index contributed by atoms with van der Waals surface area (Å²) in [6.45, 7) is 1.95. The number of Topliss-reactive ketones (excluding diaryl/α,β-unsaturated/α-hetero) is 1. The van der Waals surface area contributed by atoms with Crippen molar-refractivity contribution >= 4 is 5.78 Å². The van der Waals surface area contributed by atoms with Gasteiger partial charge >= 0.3 is 0 Å². The van der Waals surface area contributed by atoms with Gasteiger partial charge in [0, 0.05) is 12.3 Å². The van der Waals surface area contributed by atoms with E-state index in [0.29, 0.717) is 12.2 Å². The SMILES string of the molecule is CCC(=O)C(CCc1ccccc1)c1ccccc1. The van der Waals surface area contributed by atoms with Gasteiger partial charge in [-0.05, 0) is 24.0 Å². The van der Waals surface area contributed by atoms with Gasteiger partial charge in [-0.3, -0.25) is 4.79 Å². The highest BCUT2D eigenvalue weighted by molar-refractivity contribution is 5.85. The molecule has 0 fully saturated rings. The topological polar surface area (TPSA) is 17.1 Å². The van der Waals surface area contributed by atoms with Gasteiger partial charge in [0.15, 0.2) is 0 Å². The number of carbonyl (C=O) groups excluding carboxylic acids is 1. The van der Waals surface area contributed by atoms with E-state index in [1.54, 1.807) is 0 Å². The number of ketones is 1. The third kappa shape index (κ3) is 3.78. The van der Waals surface area contributed by atoms with E-state index >= 15 is 0 Å². The van der Waals surface area contributed by atoms with Gasteiger partial charge in [-0.1, -0.05) is 67.6 Å². The summed E-state index contributed by atoms with van der Waals surface area (Å²) in [5.74, 6) is 0.369. The molecule has 2 rings (SSSR count). The van der Waals surface area contributed by atoms with Crippen LogP contribution in [-0.4, -0.2) is 5.78 Å². The van der Waals surface area contributed by atoms with Crippen LogP contribution in [0.25, 0.3) is 0 Å². The number of hydrogen-bond donors (Lipinski definition) is 0. The summed E-state index contributed by atoms with van der Waals surface area (Å²) in [4.78, 5) is 12.1. The second-order valence-electron chi connectivity index (χ2n) is 4.81. The Kier molecular flexibility index (Phi) is 4.91. The molecule has 0 spiro atoms. The molecule has 1 heteroatoms. The van der Waals surface area contributed by atoms with Crippen molar-refractivity contribution in [1.82, 2.24) is 0 Å². The molecule has 0 aliphatic heterocycles. The van der Waals surface area contributed by atoms with Crippen LogP contribution in [0.1, 0.15) is 36.8 Å². The molecule has 0 N–H and O–H groups in total. The first-order valence-corrected chi connectivity index (χ1v) is 6.93. The highest BCUT2D eigenvalue weighted by atomic mass is 16.1. The van der Waals surface area contributed by atoms with Gasteiger partial charge in [0.25, 0.3) is 0 Å². The minimum atomic E-state index is 0.0337. The summed E-state index contributed by atoms with van der Waals surface area (Å²) in [6, 6.07) is 20.5. The van der Waals surface area contributed by atoms with E-state index in [0.717, 1.165) is 18.4 Å². The molecule has 19 heavy (non-hydrogen) atoms. The van der Waals surface area contributed by atoms with Gasteiger partial charge in [-0.25, -0.2) is 0 Å². The highest BCUT2D eigenvalue weighted by Crippen LogP contribution is 2.24. The first-order valence-electron chi connectivity index (χ1n) is 6.93. The Balaban J connectivity index is 2.09. The second kappa shape index (κ2) is 6.89. The van der Waals surface area contributed by atoms with Crippen LogP contribution >= 0.6 is 0 Å². The standard InChI is InChI=1S/C18H20O/c1-2-18(19)17(16-11-7-4-8-12-16)14-13-15-9-5-3-6-10-15/h3-12,17H,2,13-14H2,1H3. The van der Waals surface area contributed by atoms with Crippen molar-refractivity contribution in [3.8, 4) is 0 Å². The van der Waals surface area contributed by atoms with E-state index in [1.165, 1.54) is 5.56 Å². The summed E-state index contributed by atoms with van der Waals surface area (Å²) in [6.07, 6.45) is 2.45.